The van der Waals surface area contributed by atoms with E-state index in [1.54, 1.807) is 4.90 Å². The monoisotopic (exact) mass is 344 g/mol. The smallest absolute Gasteiger partial charge is 0.347 e. The molecular formula is C10H15F3N4O2S2. The Kier molecular flexibility index (Phi) is 4.73. The summed E-state index contributed by atoms with van der Waals surface area (Å²) in [6.07, 6.45) is -1.86. The van der Waals surface area contributed by atoms with E-state index in [4.69, 9.17) is 0 Å². The molecule has 0 aromatic carbocycles. The molecule has 1 aromatic heterocycles. The zero-order chi connectivity index (χ0) is 15.7. The fourth-order valence-electron chi connectivity index (χ4n) is 2.13. The fraction of sp³-hybridized carbons (Fsp3) is 0.800. The largest absolute Gasteiger partial charge is 0.452 e. The van der Waals surface area contributed by atoms with Crippen molar-refractivity contribution >= 4 is 26.7 Å². The number of hydrogen-bond acceptors (Lipinski definition) is 6. The first-order chi connectivity index (χ1) is 9.65. The van der Waals surface area contributed by atoms with Crippen LogP contribution in [0.3, 0.4) is 0 Å². The Morgan fingerprint density at radius 3 is 2.76 bits per heavy atom. The molecule has 1 aromatic rings. The maximum absolute atomic E-state index is 12.5. The number of aromatic nitrogens is 2. The van der Waals surface area contributed by atoms with Crippen LogP contribution in [0.1, 0.15) is 18.7 Å². The molecule has 1 aliphatic rings. The van der Waals surface area contributed by atoms with Gasteiger partial charge in [0, 0.05) is 31.2 Å². The molecule has 0 saturated carbocycles. The summed E-state index contributed by atoms with van der Waals surface area (Å²) in [4.78, 5) is 5.25. The third kappa shape index (κ3) is 4.78. The molecule has 0 aliphatic carbocycles. The second kappa shape index (κ2) is 6.05. The van der Waals surface area contributed by atoms with Crippen LogP contribution in [0, 0.1) is 5.92 Å². The number of rotatable bonds is 4. The van der Waals surface area contributed by atoms with Crippen molar-refractivity contribution in [2.24, 2.45) is 5.92 Å². The summed E-state index contributed by atoms with van der Waals surface area (Å²) in [5.41, 5.74) is 0. The Bertz CT molecular complexity index is 587. The highest BCUT2D eigenvalue weighted by Gasteiger charge is 2.37. The lowest BCUT2D eigenvalue weighted by atomic mass is 9.99. The van der Waals surface area contributed by atoms with Crippen LogP contribution < -0.4 is 9.62 Å². The number of piperidine rings is 1. The minimum absolute atomic E-state index is 0.0479. The number of sulfonamides is 1. The fourth-order valence-corrected chi connectivity index (χ4v) is 3.39. The molecular weight excluding hydrogens is 329 g/mol. The van der Waals surface area contributed by atoms with Gasteiger partial charge in [0.15, 0.2) is 0 Å². The molecule has 1 N–H and O–H groups in total. The maximum Gasteiger partial charge on any atom is 0.452 e. The van der Waals surface area contributed by atoms with E-state index >= 15 is 0 Å². The lowest BCUT2D eigenvalue weighted by Gasteiger charge is -2.32. The summed E-state index contributed by atoms with van der Waals surface area (Å²) in [6.45, 7) is 1.34. The number of hydrogen-bond donors (Lipinski definition) is 1. The second-order valence-corrected chi connectivity index (χ2v) is 7.54. The van der Waals surface area contributed by atoms with E-state index in [1.807, 2.05) is 0 Å². The quantitative estimate of drug-likeness (QED) is 0.892. The average Bonchev–Trinajstić information content (AvgIpc) is 2.85. The van der Waals surface area contributed by atoms with Gasteiger partial charge in [0.2, 0.25) is 21.0 Å². The van der Waals surface area contributed by atoms with E-state index < -0.39 is 22.0 Å². The van der Waals surface area contributed by atoms with Crippen molar-refractivity contribution < 1.29 is 21.6 Å². The second-order valence-electron chi connectivity index (χ2n) is 4.97. The zero-order valence-corrected chi connectivity index (χ0v) is 12.9. The van der Waals surface area contributed by atoms with E-state index in [9.17, 15) is 21.6 Å². The van der Waals surface area contributed by atoms with Gasteiger partial charge in [-0.3, -0.25) is 0 Å². The van der Waals surface area contributed by atoms with Gasteiger partial charge < -0.3 is 4.90 Å². The van der Waals surface area contributed by atoms with E-state index in [0.29, 0.717) is 24.6 Å². The Morgan fingerprint density at radius 2 is 2.19 bits per heavy atom. The van der Waals surface area contributed by atoms with Gasteiger partial charge in [0.05, 0.1) is 6.26 Å². The lowest BCUT2D eigenvalue weighted by molar-refractivity contribution is -0.144. The summed E-state index contributed by atoms with van der Waals surface area (Å²) < 4.78 is 65.3. The topological polar surface area (TPSA) is 75.2 Å². The van der Waals surface area contributed by atoms with E-state index in [2.05, 4.69) is 14.1 Å². The summed E-state index contributed by atoms with van der Waals surface area (Å²) in [5, 5.41) is 0.228. The van der Waals surface area contributed by atoms with Crippen molar-refractivity contribution in [3.05, 3.63) is 5.82 Å². The molecule has 0 amide bonds. The van der Waals surface area contributed by atoms with Gasteiger partial charge in [0.25, 0.3) is 0 Å². The highest BCUT2D eigenvalue weighted by atomic mass is 32.2. The SMILES string of the molecule is CS(=O)(=O)NC[C@@H]1CCCN(c2nc(C(F)(F)F)ns2)C1. The molecule has 1 fully saturated rings. The summed E-state index contributed by atoms with van der Waals surface area (Å²) in [7, 11) is -3.26. The summed E-state index contributed by atoms with van der Waals surface area (Å²) >= 11 is 0.715. The molecule has 1 saturated heterocycles. The maximum atomic E-state index is 12.5. The Hall–Kier alpha value is -0.940. The van der Waals surface area contributed by atoms with E-state index in [-0.39, 0.29) is 17.6 Å². The molecule has 1 atom stereocenters. The number of nitrogens with one attached hydrogen (secondary N) is 1. The number of anilines is 1. The highest BCUT2D eigenvalue weighted by Crippen LogP contribution is 2.31. The molecule has 6 nitrogen and oxygen atoms in total. The van der Waals surface area contributed by atoms with Gasteiger partial charge in [-0.05, 0) is 18.8 Å². The van der Waals surface area contributed by atoms with Crippen LogP contribution in [-0.4, -0.2) is 43.7 Å². The molecule has 1 aliphatic heterocycles. The van der Waals surface area contributed by atoms with Crippen molar-refractivity contribution in [2.45, 2.75) is 19.0 Å². The van der Waals surface area contributed by atoms with Gasteiger partial charge in [-0.15, -0.1) is 0 Å². The molecule has 120 valence electrons. The molecule has 0 spiro atoms. The molecule has 2 rings (SSSR count). The number of nitrogens with zero attached hydrogens (tertiary/aromatic N) is 3. The van der Waals surface area contributed by atoms with Crippen LogP contribution in [-0.2, 0) is 16.2 Å². The molecule has 2 heterocycles. The minimum atomic E-state index is -4.54. The highest BCUT2D eigenvalue weighted by molar-refractivity contribution is 7.88. The standard InChI is InChI=1S/C10H15F3N4O2S2/c1-21(18,19)14-5-7-3-2-4-17(6-7)9-15-8(16-20-9)10(11,12)13/h7,14H,2-6H2,1H3/t7-/m0/s1. The third-order valence-corrected chi connectivity index (χ3v) is 4.56. The number of halogens is 3. The predicted molar refractivity (Wildman–Crippen MR) is 72.7 cm³/mol. The van der Waals surface area contributed by atoms with E-state index in [0.717, 1.165) is 19.1 Å². The van der Waals surface area contributed by atoms with E-state index in [1.165, 1.54) is 0 Å². The normalized spacial score (nSPS) is 20.8. The molecule has 21 heavy (non-hydrogen) atoms. The van der Waals surface area contributed by atoms with Gasteiger partial charge in [0.1, 0.15) is 0 Å². The van der Waals surface area contributed by atoms with Gasteiger partial charge in [-0.1, -0.05) is 0 Å². The first-order valence-electron chi connectivity index (χ1n) is 6.25. The van der Waals surface area contributed by atoms with Crippen LogP contribution in [0.2, 0.25) is 0 Å². The van der Waals surface area contributed by atoms with Crippen LogP contribution in [0.5, 0.6) is 0 Å². The van der Waals surface area contributed by atoms with Crippen LogP contribution >= 0.6 is 11.5 Å². The van der Waals surface area contributed by atoms with Crippen molar-refractivity contribution in [1.82, 2.24) is 14.1 Å². The van der Waals surface area contributed by atoms with Crippen LogP contribution in [0.25, 0.3) is 0 Å². The van der Waals surface area contributed by atoms with Crippen molar-refractivity contribution in [3.63, 3.8) is 0 Å². The Labute approximate surface area is 124 Å². The Morgan fingerprint density at radius 1 is 1.48 bits per heavy atom. The first-order valence-corrected chi connectivity index (χ1v) is 8.92. The molecule has 0 radical (unpaired) electrons. The van der Waals surface area contributed by atoms with Gasteiger partial charge >= 0.3 is 6.18 Å². The van der Waals surface area contributed by atoms with Crippen molar-refractivity contribution in [2.75, 3.05) is 30.8 Å². The molecule has 11 heteroatoms. The first kappa shape index (κ1) is 16.4. The zero-order valence-electron chi connectivity index (χ0n) is 11.2. The van der Waals surface area contributed by atoms with Crippen molar-refractivity contribution in [1.29, 1.82) is 0 Å². The summed E-state index contributed by atoms with van der Waals surface area (Å²) in [6, 6.07) is 0. The predicted octanol–water partition coefficient (Wildman–Crippen LogP) is 1.32. The van der Waals surface area contributed by atoms with Crippen LogP contribution in [0.15, 0.2) is 0 Å². The molecule has 0 bridgehead atoms. The third-order valence-electron chi connectivity index (χ3n) is 3.09. The Balaban J connectivity index is 1.99. The van der Waals surface area contributed by atoms with Crippen molar-refractivity contribution in [3.8, 4) is 0 Å². The molecule has 0 unspecified atom stereocenters. The van der Waals surface area contributed by atoms with Gasteiger partial charge in [-0.2, -0.15) is 22.5 Å². The minimum Gasteiger partial charge on any atom is -0.347 e. The summed E-state index contributed by atoms with van der Waals surface area (Å²) in [5.74, 6) is -1.08. The lowest BCUT2D eigenvalue weighted by Crippen LogP contribution is -2.40. The van der Waals surface area contributed by atoms with Crippen LogP contribution in [0.4, 0.5) is 18.3 Å². The van der Waals surface area contributed by atoms with Gasteiger partial charge in [-0.25, -0.2) is 13.1 Å². The number of alkyl halides is 3. The average molecular weight is 344 g/mol.